The van der Waals surface area contributed by atoms with E-state index in [4.69, 9.17) is 4.74 Å². The Morgan fingerprint density at radius 1 is 1.14 bits per heavy atom. The zero-order chi connectivity index (χ0) is 20.3. The number of hydrogen-bond donors (Lipinski definition) is 1. The van der Waals surface area contributed by atoms with Crippen LogP contribution in [-0.4, -0.2) is 17.6 Å². The molecule has 4 nitrogen and oxygen atoms in total. The normalized spacial score (nSPS) is 11.5. The summed E-state index contributed by atoms with van der Waals surface area (Å²) in [6.45, 7) is 2.02. The van der Waals surface area contributed by atoms with Crippen molar-refractivity contribution < 1.29 is 27.1 Å². The summed E-state index contributed by atoms with van der Waals surface area (Å²) >= 11 is 0. The Hall–Kier alpha value is -3.16. The summed E-state index contributed by atoms with van der Waals surface area (Å²) in [7, 11) is 0. The Kier molecular flexibility index (Phi) is 5.48. The van der Waals surface area contributed by atoms with Gasteiger partial charge in [0.25, 0.3) is 0 Å². The van der Waals surface area contributed by atoms with Gasteiger partial charge in [0.1, 0.15) is 11.4 Å². The van der Waals surface area contributed by atoms with E-state index in [2.05, 4.69) is 10.3 Å². The van der Waals surface area contributed by atoms with Crippen LogP contribution in [0.2, 0.25) is 0 Å². The second-order valence-electron chi connectivity index (χ2n) is 5.98. The van der Waals surface area contributed by atoms with Gasteiger partial charge in [-0.3, -0.25) is 4.98 Å². The number of fused-ring (bicyclic) bond motifs is 1. The molecule has 0 aliphatic rings. The number of rotatable bonds is 5. The van der Waals surface area contributed by atoms with Crippen molar-refractivity contribution in [3.8, 4) is 0 Å². The monoisotopic (exact) mass is 392 g/mol. The summed E-state index contributed by atoms with van der Waals surface area (Å²) in [5.74, 6) is -1.02. The predicted molar refractivity (Wildman–Crippen MR) is 96.4 cm³/mol. The van der Waals surface area contributed by atoms with Crippen molar-refractivity contribution >= 4 is 22.6 Å². The van der Waals surface area contributed by atoms with Gasteiger partial charge in [0, 0.05) is 18.1 Å². The molecule has 0 saturated heterocycles. The predicted octanol–water partition coefficient (Wildman–Crippen LogP) is 5.18. The van der Waals surface area contributed by atoms with E-state index in [1.807, 2.05) is 0 Å². The number of benzene rings is 2. The minimum absolute atomic E-state index is 0.0875. The molecule has 3 aromatic rings. The van der Waals surface area contributed by atoms with Gasteiger partial charge < -0.3 is 10.1 Å². The van der Waals surface area contributed by atoms with Crippen molar-refractivity contribution in [3.05, 3.63) is 71.2 Å². The molecule has 28 heavy (non-hydrogen) atoms. The molecule has 3 rings (SSSR count). The van der Waals surface area contributed by atoms with Gasteiger partial charge >= 0.3 is 12.1 Å². The number of carbonyl (C=O) groups excluding carboxylic acids is 1. The van der Waals surface area contributed by atoms with Gasteiger partial charge in [0.05, 0.1) is 23.4 Å². The highest BCUT2D eigenvalue weighted by Crippen LogP contribution is 2.34. The maximum absolute atomic E-state index is 13.1. The van der Waals surface area contributed by atoms with Crippen molar-refractivity contribution in [1.82, 2.24) is 4.98 Å². The first-order chi connectivity index (χ1) is 13.3. The minimum atomic E-state index is -4.50. The van der Waals surface area contributed by atoms with Crippen LogP contribution >= 0.6 is 0 Å². The lowest BCUT2D eigenvalue weighted by Crippen LogP contribution is -2.12. The van der Waals surface area contributed by atoms with Crippen LogP contribution in [-0.2, 0) is 17.5 Å². The summed E-state index contributed by atoms with van der Waals surface area (Å²) in [5, 5.41) is 3.39. The molecule has 8 heteroatoms. The Labute approximate surface area is 158 Å². The fourth-order valence-corrected chi connectivity index (χ4v) is 2.72. The smallest absolute Gasteiger partial charge is 0.416 e. The fourth-order valence-electron chi connectivity index (χ4n) is 2.72. The van der Waals surface area contributed by atoms with Crippen LogP contribution in [0.1, 0.15) is 28.4 Å². The zero-order valence-electron chi connectivity index (χ0n) is 14.8. The van der Waals surface area contributed by atoms with Gasteiger partial charge in [0.2, 0.25) is 0 Å². The Balaban J connectivity index is 2.04. The van der Waals surface area contributed by atoms with Crippen LogP contribution in [0.3, 0.4) is 0 Å². The largest absolute Gasteiger partial charge is 0.462 e. The van der Waals surface area contributed by atoms with Crippen LogP contribution < -0.4 is 5.32 Å². The Morgan fingerprint density at radius 3 is 2.50 bits per heavy atom. The van der Waals surface area contributed by atoms with E-state index in [0.29, 0.717) is 11.1 Å². The van der Waals surface area contributed by atoms with Crippen molar-refractivity contribution in [1.29, 1.82) is 0 Å². The molecule has 2 aromatic carbocycles. The first-order valence-electron chi connectivity index (χ1n) is 8.45. The van der Waals surface area contributed by atoms with Crippen molar-refractivity contribution in [3.63, 3.8) is 0 Å². The molecular weight excluding hydrogens is 376 g/mol. The molecular formula is C20H16F4N2O2. The first kappa shape index (κ1) is 19.6. The minimum Gasteiger partial charge on any atom is -0.462 e. The lowest BCUT2D eigenvalue weighted by molar-refractivity contribution is -0.137. The molecule has 0 bridgehead atoms. The third kappa shape index (κ3) is 4.21. The van der Waals surface area contributed by atoms with Crippen LogP contribution in [0.15, 0.2) is 48.7 Å². The molecule has 0 spiro atoms. The van der Waals surface area contributed by atoms with E-state index in [-0.39, 0.29) is 30.0 Å². The van der Waals surface area contributed by atoms with E-state index in [9.17, 15) is 22.4 Å². The standard InChI is InChI=1S/C20H16F4N2O2/c1-2-28-19(27)16-11-25-17-9-13(20(22,23)24)5-8-15(17)18(16)26-10-12-3-6-14(21)7-4-12/h3-9,11H,2,10H2,1H3,(H,25,26). The molecule has 0 radical (unpaired) electrons. The fraction of sp³-hybridized carbons (Fsp3) is 0.200. The van der Waals surface area contributed by atoms with Gasteiger partial charge in [-0.05, 0) is 36.8 Å². The van der Waals surface area contributed by atoms with Crippen molar-refractivity contribution in [2.24, 2.45) is 0 Å². The number of nitrogens with one attached hydrogen (secondary N) is 1. The molecule has 0 aliphatic carbocycles. The number of anilines is 1. The first-order valence-corrected chi connectivity index (χ1v) is 8.45. The molecule has 146 valence electrons. The maximum Gasteiger partial charge on any atom is 0.416 e. The average Bonchev–Trinajstić information content (AvgIpc) is 2.66. The molecule has 1 N–H and O–H groups in total. The SMILES string of the molecule is CCOC(=O)c1cnc2cc(C(F)(F)F)ccc2c1NCc1ccc(F)cc1. The quantitative estimate of drug-likeness (QED) is 0.480. The van der Waals surface area contributed by atoms with Crippen LogP contribution in [0, 0.1) is 5.82 Å². The highest BCUT2D eigenvalue weighted by molar-refractivity contribution is 6.05. The number of halogens is 4. The van der Waals surface area contributed by atoms with Crippen LogP contribution in [0.25, 0.3) is 10.9 Å². The van der Waals surface area contributed by atoms with Gasteiger partial charge in [-0.25, -0.2) is 9.18 Å². The van der Waals surface area contributed by atoms with Gasteiger partial charge in [0.15, 0.2) is 0 Å². The number of hydrogen-bond acceptors (Lipinski definition) is 4. The van der Waals surface area contributed by atoms with Crippen molar-refractivity contribution in [2.45, 2.75) is 19.6 Å². The van der Waals surface area contributed by atoms with E-state index >= 15 is 0 Å². The number of esters is 1. The third-order valence-corrected chi connectivity index (χ3v) is 4.07. The van der Waals surface area contributed by atoms with E-state index in [1.54, 1.807) is 19.1 Å². The second-order valence-corrected chi connectivity index (χ2v) is 5.98. The van der Waals surface area contributed by atoms with E-state index in [1.165, 1.54) is 24.4 Å². The van der Waals surface area contributed by atoms with Gasteiger partial charge in [-0.15, -0.1) is 0 Å². The summed E-state index contributed by atoms with van der Waals surface area (Å²) in [4.78, 5) is 16.3. The summed E-state index contributed by atoms with van der Waals surface area (Å²) in [6.07, 6.45) is -3.31. The zero-order valence-corrected chi connectivity index (χ0v) is 14.8. The lowest BCUT2D eigenvalue weighted by Gasteiger charge is -2.15. The number of pyridine rings is 1. The van der Waals surface area contributed by atoms with E-state index < -0.39 is 17.7 Å². The van der Waals surface area contributed by atoms with Gasteiger partial charge in [-0.1, -0.05) is 18.2 Å². The Morgan fingerprint density at radius 2 is 1.86 bits per heavy atom. The van der Waals surface area contributed by atoms with Crippen molar-refractivity contribution in [2.75, 3.05) is 11.9 Å². The maximum atomic E-state index is 13.1. The number of aromatic nitrogens is 1. The molecule has 0 fully saturated rings. The Bertz CT molecular complexity index is 1000. The topological polar surface area (TPSA) is 51.2 Å². The van der Waals surface area contributed by atoms with Gasteiger partial charge in [-0.2, -0.15) is 13.2 Å². The molecule has 0 aliphatic heterocycles. The highest BCUT2D eigenvalue weighted by Gasteiger charge is 2.31. The molecule has 1 heterocycles. The number of ether oxygens (including phenoxy) is 1. The van der Waals surface area contributed by atoms with Crippen LogP contribution in [0.4, 0.5) is 23.2 Å². The molecule has 1 aromatic heterocycles. The summed E-state index contributed by atoms with van der Waals surface area (Å²) < 4.78 is 57.0. The van der Waals surface area contributed by atoms with E-state index in [0.717, 1.165) is 17.7 Å². The average molecular weight is 392 g/mol. The number of nitrogens with zero attached hydrogens (tertiary/aromatic N) is 1. The summed E-state index contributed by atoms with van der Waals surface area (Å²) in [5.41, 5.74) is 0.399. The van der Waals surface area contributed by atoms with Crippen LogP contribution in [0.5, 0.6) is 0 Å². The number of alkyl halides is 3. The number of carbonyl (C=O) groups is 1. The molecule has 0 saturated carbocycles. The highest BCUT2D eigenvalue weighted by atomic mass is 19.4. The lowest BCUT2D eigenvalue weighted by atomic mass is 10.1. The third-order valence-electron chi connectivity index (χ3n) is 4.07. The second kappa shape index (κ2) is 7.84. The molecule has 0 amide bonds. The molecule has 0 unspecified atom stereocenters. The summed E-state index contributed by atoms with van der Waals surface area (Å²) in [6, 6.07) is 8.85. The molecule has 0 atom stereocenters.